The van der Waals surface area contributed by atoms with E-state index in [1.165, 1.54) is 0 Å². The molecule has 6 heteroatoms. The van der Waals surface area contributed by atoms with Gasteiger partial charge >= 0.3 is 5.97 Å². The fourth-order valence-electron chi connectivity index (χ4n) is 3.31. The van der Waals surface area contributed by atoms with E-state index in [0.717, 1.165) is 11.1 Å². The van der Waals surface area contributed by atoms with E-state index >= 15 is 0 Å². The van der Waals surface area contributed by atoms with Crippen LogP contribution >= 0.6 is 0 Å². The first-order chi connectivity index (χ1) is 11.5. The molecule has 1 amide bonds. The number of rotatable bonds is 4. The summed E-state index contributed by atoms with van der Waals surface area (Å²) >= 11 is 0. The fraction of sp³-hybridized carbons (Fsp3) is 0.389. The molecule has 0 aliphatic carbocycles. The van der Waals surface area contributed by atoms with Crippen LogP contribution in [0.5, 0.6) is 0 Å². The minimum atomic E-state index is -0.864. The number of hydrogen-bond donors (Lipinski definition) is 1. The van der Waals surface area contributed by atoms with Crippen LogP contribution in [0.2, 0.25) is 0 Å². The Hall–Kier alpha value is -2.63. The van der Waals surface area contributed by atoms with Gasteiger partial charge in [0.2, 0.25) is 5.91 Å². The van der Waals surface area contributed by atoms with Crippen molar-refractivity contribution in [2.75, 3.05) is 13.1 Å². The summed E-state index contributed by atoms with van der Waals surface area (Å²) in [5, 5.41) is 13.4. The number of carboxylic acids is 1. The van der Waals surface area contributed by atoms with E-state index in [1.54, 1.807) is 18.7 Å². The van der Waals surface area contributed by atoms with Gasteiger partial charge in [0.1, 0.15) is 5.76 Å². The first kappa shape index (κ1) is 16.2. The molecule has 0 unspecified atom stereocenters. The van der Waals surface area contributed by atoms with Crippen LogP contribution in [-0.2, 0) is 16.0 Å². The van der Waals surface area contributed by atoms with Crippen LogP contribution in [0.25, 0.3) is 0 Å². The zero-order chi connectivity index (χ0) is 17.3. The van der Waals surface area contributed by atoms with Gasteiger partial charge in [-0.2, -0.15) is 0 Å². The largest absolute Gasteiger partial charge is 0.481 e. The van der Waals surface area contributed by atoms with Gasteiger partial charge in [0, 0.05) is 24.6 Å². The topological polar surface area (TPSA) is 83.6 Å². The molecule has 2 atom stereocenters. The highest BCUT2D eigenvalue weighted by Crippen LogP contribution is 2.33. The molecule has 2 aromatic rings. The highest BCUT2D eigenvalue weighted by atomic mass is 16.5. The Kier molecular flexibility index (Phi) is 4.38. The number of carboxylic acid groups (broad SMARTS) is 1. The van der Waals surface area contributed by atoms with Crippen LogP contribution in [-0.4, -0.2) is 40.1 Å². The molecule has 1 N–H and O–H groups in total. The maximum absolute atomic E-state index is 12.6. The first-order valence-corrected chi connectivity index (χ1v) is 7.94. The average Bonchev–Trinajstić information content (AvgIpc) is 3.15. The standard InChI is InChI=1S/C18H20N2O4/c1-11-14(12(2)24-19-11)8-17(21)20-9-15(16(10-20)18(22)23)13-6-4-3-5-7-13/h3-7,15-16H,8-10H2,1-2H3,(H,22,23)/t15-,16-/m0/s1. The number of aliphatic carboxylic acids is 1. The Balaban J connectivity index is 1.78. The van der Waals surface area contributed by atoms with E-state index in [4.69, 9.17) is 4.52 Å². The monoisotopic (exact) mass is 328 g/mol. The predicted molar refractivity (Wildman–Crippen MR) is 86.6 cm³/mol. The Morgan fingerprint density at radius 1 is 1.25 bits per heavy atom. The zero-order valence-corrected chi connectivity index (χ0v) is 13.7. The van der Waals surface area contributed by atoms with Crippen molar-refractivity contribution in [2.24, 2.45) is 5.92 Å². The third kappa shape index (κ3) is 3.04. The molecule has 3 rings (SSSR count). The molecule has 24 heavy (non-hydrogen) atoms. The van der Waals surface area contributed by atoms with Gasteiger partial charge in [-0.1, -0.05) is 35.5 Å². The summed E-state index contributed by atoms with van der Waals surface area (Å²) in [6.07, 6.45) is 0.189. The van der Waals surface area contributed by atoms with E-state index in [2.05, 4.69) is 5.16 Å². The van der Waals surface area contributed by atoms with Gasteiger partial charge in [0.25, 0.3) is 0 Å². The number of benzene rings is 1. The second-order valence-corrected chi connectivity index (χ2v) is 6.24. The molecule has 0 radical (unpaired) electrons. The Morgan fingerprint density at radius 3 is 2.54 bits per heavy atom. The maximum Gasteiger partial charge on any atom is 0.308 e. The second kappa shape index (κ2) is 6.47. The molecule has 2 heterocycles. The number of amides is 1. The van der Waals surface area contributed by atoms with Gasteiger partial charge in [0.15, 0.2) is 0 Å². The average molecular weight is 328 g/mol. The summed E-state index contributed by atoms with van der Waals surface area (Å²) in [6, 6.07) is 9.52. The molecular formula is C18H20N2O4. The van der Waals surface area contributed by atoms with Crippen molar-refractivity contribution in [2.45, 2.75) is 26.2 Å². The SMILES string of the molecule is Cc1noc(C)c1CC(=O)N1C[C@H](C(=O)O)[C@H](c2ccccc2)C1. The number of aryl methyl sites for hydroxylation is 2. The van der Waals surface area contributed by atoms with Crippen LogP contribution < -0.4 is 0 Å². The van der Waals surface area contributed by atoms with Gasteiger partial charge in [-0.05, 0) is 19.4 Å². The van der Waals surface area contributed by atoms with Crippen molar-refractivity contribution >= 4 is 11.9 Å². The first-order valence-electron chi connectivity index (χ1n) is 7.94. The van der Waals surface area contributed by atoms with E-state index in [1.807, 2.05) is 30.3 Å². The van der Waals surface area contributed by atoms with Crippen LogP contribution in [0.4, 0.5) is 0 Å². The van der Waals surface area contributed by atoms with E-state index in [9.17, 15) is 14.7 Å². The highest BCUT2D eigenvalue weighted by Gasteiger charge is 2.40. The smallest absolute Gasteiger partial charge is 0.308 e. The van der Waals surface area contributed by atoms with E-state index < -0.39 is 11.9 Å². The van der Waals surface area contributed by atoms with Crippen molar-refractivity contribution < 1.29 is 19.2 Å². The van der Waals surface area contributed by atoms with Gasteiger partial charge in [0.05, 0.1) is 18.0 Å². The number of nitrogens with zero attached hydrogens (tertiary/aromatic N) is 2. The second-order valence-electron chi connectivity index (χ2n) is 6.24. The van der Waals surface area contributed by atoms with Gasteiger partial charge in [-0.15, -0.1) is 0 Å². The number of likely N-dealkylation sites (tertiary alicyclic amines) is 1. The molecule has 1 aliphatic heterocycles. The molecule has 1 fully saturated rings. The number of hydrogen-bond acceptors (Lipinski definition) is 4. The zero-order valence-electron chi connectivity index (χ0n) is 13.7. The summed E-state index contributed by atoms with van der Waals surface area (Å²) in [5.41, 5.74) is 2.45. The lowest BCUT2D eigenvalue weighted by molar-refractivity contribution is -0.141. The molecular weight excluding hydrogens is 308 g/mol. The fourth-order valence-corrected chi connectivity index (χ4v) is 3.31. The number of carbonyl (C=O) groups excluding carboxylic acids is 1. The lowest BCUT2D eigenvalue weighted by Gasteiger charge is -2.16. The van der Waals surface area contributed by atoms with Gasteiger partial charge in [-0.3, -0.25) is 9.59 Å². The van der Waals surface area contributed by atoms with Crippen LogP contribution in [0.3, 0.4) is 0 Å². The minimum absolute atomic E-state index is 0.0888. The maximum atomic E-state index is 12.6. The lowest BCUT2D eigenvalue weighted by atomic mass is 9.89. The lowest BCUT2D eigenvalue weighted by Crippen LogP contribution is -2.31. The van der Waals surface area contributed by atoms with Gasteiger partial charge in [-0.25, -0.2) is 0 Å². The molecule has 1 saturated heterocycles. The van der Waals surface area contributed by atoms with Crippen molar-refractivity contribution in [3.63, 3.8) is 0 Å². The molecule has 6 nitrogen and oxygen atoms in total. The Morgan fingerprint density at radius 2 is 1.96 bits per heavy atom. The molecule has 0 bridgehead atoms. The molecule has 126 valence electrons. The van der Waals surface area contributed by atoms with E-state index in [0.29, 0.717) is 18.0 Å². The summed E-state index contributed by atoms with van der Waals surface area (Å²) < 4.78 is 5.09. The normalized spacial score (nSPS) is 20.3. The summed E-state index contributed by atoms with van der Waals surface area (Å²) in [6.45, 7) is 4.23. The predicted octanol–water partition coefficient (Wildman–Crippen LogP) is 2.16. The van der Waals surface area contributed by atoms with Crippen LogP contribution in [0.15, 0.2) is 34.9 Å². The Labute approximate surface area is 140 Å². The van der Waals surface area contributed by atoms with Crippen molar-refractivity contribution in [1.29, 1.82) is 0 Å². The van der Waals surface area contributed by atoms with E-state index in [-0.39, 0.29) is 24.8 Å². The summed E-state index contributed by atoms with van der Waals surface area (Å²) in [4.78, 5) is 25.9. The summed E-state index contributed by atoms with van der Waals surface area (Å²) in [5.74, 6) is -1.08. The minimum Gasteiger partial charge on any atom is -0.481 e. The molecule has 0 saturated carbocycles. The number of aromatic nitrogens is 1. The molecule has 0 spiro atoms. The molecule has 1 aliphatic rings. The Bertz CT molecular complexity index is 734. The van der Waals surface area contributed by atoms with Crippen molar-refractivity contribution in [3.8, 4) is 0 Å². The molecule has 1 aromatic heterocycles. The van der Waals surface area contributed by atoms with Crippen LogP contribution in [0.1, 0.15) is 28.5 Å². The highest BCUT2D eigenvalue weighted by molar-refractivity contribution is 5.81. The van der Waals surface area contributed by atoms with Crippen LogP contribution in [0, 0.1) is 19.8 Å². The van der Waals surface area contributed by atoms with Crippen molar-refractivity contribution in [1.82, 2.24) is 10.1 Å². The summed E-state index contributed by atoms with van der Waals surface area (Å²) in [7, 11) is 0. The third-order valence-corrected chi connectivity index (χ3v) is 4.73. The number of carbonyl (C=O) groups is 2. The molecule has 1 aromatic carbocycles. The quantitative estimate of drug-likeness (QED) is 0.930. The third-order valence-electron chi connectivity index (χ3n) is 4.73. The van der Waals surface area contributed by atoms with Crippen molar-refractivity contribution in [3.05, 3.63) is 52.9 Å². The van der Waals surface area contributed by atoms with Gasteiger partial charge < -0.3 is 14.5 Å².